The van der Waals surface area contributed by atoms with Crippen molar-refractivity contribution < 1.29 is 0 Å². The van der Waals surface area contributed by atoms with Crippen molar-refractivity contribution in [1.82, 2.24) is 24.4 Å². The van der Waals surface area contributed by atoms with Crippen LogP contribution in [-0.4, -0.2) is 24.4 Å². The van der Waals surface area contributed by atoms with Gasteiger partial charge in [-0.15, -0.1) is 28.0 Å². The zero-order valence-electron chi connectivity index (χ0n) is 8.25. The summed E-state index contributed by atoms with van der Waals surface area (Å²) in [5.74, 6) is 0.387. The van der Waals surface area contributed by atoms with Crippen LogP contribution < -0.4 is 0 Å². The van der Waals surface area contributed by atoms with Crippen LogP contribution in [0.1, 0.15) is 11.4 Å². The highest BCUT2D eigenvalue weighted by Crippen LogP contribution is 2.12. The molecule has 7 heteroatoms. The summed E-state index contributed by atoms with van der Waals surface area (Å²) in [6.07, 6.45) is 5.82. The molecule has 0 aliphatic rings. The third-order valence-corrected chi connectivity index (χ3v) is 3.23. The van der Waals surface area contributed by atoms with Crippen LogP contribution >= 0.6 is 22.9 Å². The van der Waals surface area contributed by atoms with Gasteiger partial charge in [-0.05, 0) is 0 Å². The fourth-order valence-electron chi connectivity index (χ4n) is 1.50. The summed E-state index contributed by atoms with van der Waals surface area (Å²) in [5, 5.41) is 9.90. The minimum Gasteiger partial charge on any atom is -0.297 e. The summed E-state index contributed by atoms with van der Waals surface area (Å²) in [6.45, 7) is 0.623. The van der Waals surface area contributed by atoms with Gasteiger partial charge < -0.3 is 0 Å². The molecule has 82 valence electrons. The Morgan fingerprint density at radius 2 is 2.25 bits per heavy atom. The highest BCUT2D eigenvalue weighted by molar-refractivity contribution is 7.15. The van der Waals surface area contributed by atoms with Gasteiger partial charge in [0.25, 0.3) is 0 Å². The monoisotopic (exact) mass is 253 g/mol. The number of fused-ring (bicyclic) bond motifs is 1. The summed E-state index contributed by atoms with van der Waals surface area (Å²) >= 11 is 7.27. The van der Waals surface area contributed by atoms with E-state index in [1.165, 1.54) is 0 Å². The van der Waals surface area contributed by atoms with E-state index in [0.717, 1.165) is 16.3 Å². The number of nitrogens with zero attached hydrogens (tertiary/aromatic N) is 5. The van der Waals surface area contributed by atoms with Gasteiger partial charge in [0.1, 0.15) is 0 Å². The summed E-state index contributed by atoms with van der Waals surface area (Å²) in [7, 11) is 0. The van der Waals surface area contributed by atoms with Crippen LogP contribution in [0.4, 0.5) is 0 Å². The minimum absolute atomic E-state index is 0.387. The summed E-state index contributed by atoms with van der Waals surface area (Å²) in [6, 6.07) is 0. The molecule has 3 aromatic heterocycles. The normalized spacial score (nSPS) is 11.3. The van der Waals surface area contributed by atoms with E-state index in [0.29, 0.717) is 12.4 Å². The Bertz CT molecular complexity index is 582. The van der Waals surface area contributed by atoms with Crippen molar-refractivity contribution in [3.8, 4) is 0 Å². The lowest BCUT2D eigenvalue weighted by atomic mass is 10.5. The Morgan fingerprint density at radius 3 is 3.00 bits per heavy atom. The van der Waals surface area contributed by atoms with Gasteiger partial charge in [0.05, 0.1) is 30.0 Å². The van der Waals surface area contributed by atoms with Crippen molar-refractivity contribution in [2.45, 2.75) is 12.4 Å². The van der Waals surface area contributed by atoms with Gasteiger partial charge >= 0.3 is 0 Å². The molecule has 0 aliphatic carbocycles. The van der Waals surface area contributed by atoms with Crippen molar-refractivity contribution in [1.29, 1.82) is 0 Å². The lowest BCUT2D eigenvalue weighted by molar-refractivity contribution is 0.641. The van der Waals surface area contributed by atoms with Crippen molar-refractivity contribution >= 4 is 27.9 Å². The standard InChI is InChI=1S/C9H8ClN5S/c10-3-7-5-15(13-12-7)6-8-4-14-1-2-16-9(14)11-8/h1-2,4-5H,3,6H2. The van der Waals surface area contributed by atoms with Crippen LogP contribution in [-0.2, 0) is 12.4 Å². The smallest absolute Gasteiger partial charge is 0.193 e. The molecule has 0 unspecified atom stereocenters. The number of hydrogen-bond donors (Lipinski definition) is 0. The predicted molar refractivity (Wildman–Crippen MR) is 61.8 cm³/mol. The van der Waals surface area contributed by atoms with Crippen molar-refractivity contribution in [2.24, 2.45) is 0 Å². The molecular weight excluding hydrogens is 246 g/mol. The van der Waals surface area contributed by atoms with Crippen LogP contribution in [0.2, 0.25) is 0 Å². The van der Waals surface area contributed by atoms with Crippen LogP contribution in [0.3, 0.4) is 0 Å². The molecule has 3 rings (SSSR count). The van der Waals surface area contributed by atoms with Gasteiger partial charge in [-0.1, -0.05) is 5.21 Å². The number of thiazole rings is 1. The highest BCUT2D eigenvalue weighted by atomic mass is 35.5. The molecule has 0 N–H and O–H groups in total. The van der Waals surface area contributed by atoms with E-state index in [4.69, 9.17) is 11.6 Å². The Balaban J connectivity index is 1.86. The van der Waals surface area contributed by atoms with E-state index >= 15 is 0 Å². The van der Waals surface area contributed by atoms with Crippen LogP contribution in [0.25, 0.3) is 4.96 Å². The van der Waals surface area contributed by atoms with Crippen molar-refractivity contribution in [3.05, 3.63) is 35.4 Å². The highest BCUT2D eigenvalue weighted by Gasteiger charge is 2.05. The lowest BCUT2D eigenvalue weighted by Gasteiger charge is -1.93. The van der Waals surface area contributed by atoms with E-state index < -0.39 is 0 Å². The molecule has 0 radical (unpaired) electrons. The molecule has 5 nitrogen and oxygen atoms in total. The zero-order valence-corrected chi connectivity index (χ0v) is 9.82. The summed E-state index contributed by atoms with van der Waals surface area (Å²) in [4.78, 5) is 5.46. The van der Waals surface area contributed by atoms with Gasteiger partial charge in [0, 0.05) is 17.8 Å². The second-order valence-corrected chi connectivity index (χ2v) is 4.51. The zero-order chi connectivity index (χ0) is 11.0. The number of halogens is 1. The maximum atomic E-state index is 5.66. The number of aromatic nitrogens is 5. The number of hydrogen-bond acceptors (Lipinski definition) is 4. The third-order valence-electron chi connectivity index (χ3n) is 2.19. The first-order chi connectivity index (χ1) is 7.85. The SMILES string of the molecule is ClCc1cn(Cc2cn3ccsc3n2)nn1. The maximum Gasteiger partial charge on any atom is 0.193 e. The number of imidazole rings is 1. The Morgan fingerprint density at radius 1 is 1.31 bits per heavy atom. The van der Waals surface area contributed by atoms with E-state index in [9.17, 15) is 0 Å². The van der Waals surface area contributed by atoms with Crippen LogP contribution in [0.5, 0.6) is 0 Å². The van der Waals surface area contributed by atoms with Gasteiger partial charge in [-0.25, -0.2) is 9.67 Å². The molecule has 0 bridgehead atoms. The van der Waals surface area contributed by atoms with Gasteiger partial charge in [-0.3, -0.25) is 4.40 Å². The average Bonchev–Trinajstić information content (AvgIpc) is 2.92. The molecule has 3 aromatic rings. The molecule has 3 heterocycles. The molecule has 0 spiro atoms. The fourth-order valence-corrected chi connectivity index (χ4v) is 2.34. The Kier molecular flexibility index (Phi) is 2.37. The molecule has 0 aliphatic heterocycles. The van der Waals surface area contributed by atoms with Gasteiger partial charge in [0.15, 0.2) is 4.96 Å². The molecule has 0 saturated heterocycles. The maximum absolute atomic E-state index is 5.66. The summed E-state index contributed by atoms with van der Waals surface area (Å²) in [5.41, 5.74) is 1.75. The number of alkyl halides is 1. The molecule has 0 aromatic carbocycles. The minimum atomic E-state index is 0.387. The Hall–Kier alpha value is -1.40. The second kappa shape index (κ2) is 3.88. The number of rotatable bonds is 3. The van der Waals surface area contributed by atoms with E-state index in [2.05, 4.69) is 15.3 Å². The van der Waals surface area contributed by atoms with Gasteiger partial charge in [-0.2, -0.15) is 0 Å². The van der Waals surface area contributed by atoms with Crippen molar-refractivity contribution in [2.75, 3.05) is 0 Å². The molecule has 0 fully saturated rings. The molecule has 0 saturated carbocycles. The van der Waals surface area contributed by atoms with Crippen LogP contribution in [0, 0.1) is 0 Å². The Labute approximate surface area is 100 Å². The van der Waals surface area contributed by atoms with E-state index in [1.54, 1.807) is 16.0 Å². The quantitative estimate of drug-likeness (QED) is 0.669. The molecule has 0 atom stereocenters. The molecule has 0 amide bonds. The first-order valence-electron chi connectivity index (χ1n) is 4.71. The summed E-state index contributed by atoms with van der Waals surface area (Å²) < 4.78 is 3.74. The van der Waals surface area contributed by atoms with Gasteiger partial charge in [0.2, 0.25) is 0 Å². The fraction of sp³-hybridized carbons (Fsp3) is 0.222. The first-order valence-corrected chi connectivity index (χ1v) is 6.12. The largest absolute Gasteiger partial charge is 0.297 e. The van der Waals surface area contributed by atoms with Crippen molar-refractivity contribution in [3.63, 3.8) is 0 Å². The lowest BCUT2D eigenvalue weighted by Crippen LogP contribution is -2.00. The van der Waals surface area contributed by atoms with E-state index in [1.807, 2.05) is 28.4 Å². The molecule has 16 heavy (non-hydrogen) atoms. The first kappa shape index (κ1) is 9.80. The topological polar surface area (TPSA) is 48.0 Å². The van der Waals surface area contributed by atoms with E-state index in [-0.39, 0.29) is 0 Å². The average molecular weight is 254 g/mol. The second-order valence-electron chi connectivity index (χ2n) is 3.37. The third kappa shape index (κ3) is 1.70. The predicted octanol–water partition coefficient (Wildman–Crippen LogP) is 1.77. The van der Waals surface area contributed by atoms with Crippen LogP contribution in [0.15, 0.2) is 24.0 Å². The molecular formula is C9H8ClN5S.